The number of amides is 2. The van der Waals surface area contributed by atoms with Crippen LogP contribution in [0.5, 0.6) is 0 Å². The van der Waals surface area contributed by atoms with E-state index < -0.39 is 0 Å². The Morgan fingerprint density at radius 2 is 1.79 bits per heavy atom. The van der Waals surface area contributed by atoms with Gasteiger partial charge < -0.3 is 15.1 Å². The van der Waals surface area contributed by atoms with Crippen molar-refractivity contribution in [1.82, 2.24) is 5.32 Å². The molecule has 0 atom stereocenters. The lowest BCUT2D eigenvalue weighted by Gasteiger charge is -2.11. The molecule has 0 aliphatic heterocycles. The lowest BCUT2D eigenvalue weighted by Crippen LogP contribution is -2.25. The number of para-hydroxylation sites is 1. The van der Waals surface area contributed by atoms with Crippen molar-refractivity contribution in [3.8, 4) is 0 Å². The van der Waals surface area contributed by atoms with Gasteiger partial charge in [-0.25, -0.2) is 0 Å². The molecule has 3 rings (SSSR count). The number of benzene rings is 2. The summed E-state index contributed by atoms with van der Waals surface area (Å²) in [5.41, 5.74) is 1.86. The molecule has 1 heterocycles. The molecule has 2 aromatic carbocycles. The highest BCUT2D eigenvalue weighted by Crippen LogP contribution is 2.21. The molecule has 28 heavy (non-hydrogen) atoms. The first-order valence-electron chi connectivity index (χ1n) is 8.64. The lowest BCUT2D eigenvalue weighted by molar-refractivity contribution is -0.113. The summed E-state index contributed by atoms with van der Waals surface area (Å²) >= 11 is 7.59. The Hall–Kier alpha value is -2.70. The first-order chi connectivity index (χ1) is 13.6. The van der Waals surface area contributed by atoms with E-state index in [0.717, 1.165) is 5.56 Å². The van der Waals surface area contributed by atoms with Gasteiger partial charge in [-0.15, -0.1) is 11.8 Å². The van der Waals surface area contributed by atoms with E-state index in [0.29, 0.717) is 27.8 Å². The number of halogens is 1. The third kappa shape index (κ3) is 5.65. The van der Waals surface area contributed by atoms with E-state index in [-0.39, 0.29) is 24.1 Å². The fourth-order valence-corrected chi connectivity index (χ4v) is 3.63. The van der Waals surface area contributed by atoms with Crippen LogP contribution in [0.25, 0.3) is 0 Å². The van der Waals surface area contributed by atoms with Crippen molar-refractivity contribution in [2.24, 2.45) is 0 Å². The molecule has 2 amide bonds. The van der Waals surface area contributed by atoms with Gasteiger partial charge in [-0.1, -0.05) is 41.9 Å². The van der Waals surface area contributed by atoms with Crippen LogP contribution in [0.15, 0.2) is 71.3 Å². The normalized spacial score (nSPS) is 10.5. The monoisotopic (exact) mass is 414 g/mol. The molecule has 3 aromatic rings. The number of hydrogen-bond donors (Lipinski definition) is 2. The Kier molecular flexibility index (Phi) is 7.17. The zero-order valence-corrected chi connectivity index (χ0v) is 16.6. The maximum atomic E-state index is 12.5. The van der Waals surface area contributed by atoms with Crippen molar-refractivity contribution in [3.05, 3.63) is 88.8 Å². The minimum atomic E-state index is -0.281. The zero-order chi connectivity index (χ0) is 19.8. The summed E-state index contributed by atoms with van der Waals surface area (Å²) in [6, 6.07) is 18.0. The number of anilines is 1. The van der Waals surface area contributed by atoms with Gasteiger partial charge in [0.1, 0.15) is 5.76 Å². The largest absolute Gasteiger partial charge is 0.467 e. The third-order valence-corrected chi connectivity index (χ3v) is 5.25. The average Bonchev–Trinajstić information content (AvgIpc) is 3.22. The van der Waals surface area contributed by atoms with Gasteiger partial charge in [-0.2, -0.15) is 0 Å². The van der Waals surface area contributed by atoms with Crippen LogP contribution in [0.1, 0.15) is 21.7 Å². The van der Waals surface area contributed by atoms with Crippen LogP contribution in [0.4, 0.5) is 5.69 Å². The fourth-order valence-electron chi connectivity index (χ4n) is 2.52. The molecule has 0 spiro atoms. The van der Waals surface area contributed by atoms with Gasteiger partial charge in [0, 0.05) is 10.8 Å². The van der Waals surface area contributed by atoms with Crippen LogP contribution in [-0.2, 0) is 17.1 Å². The molecular formula is C21H19ClN2O3S. The Labute approximate surface area is 172 Å². The summed E-state index contributed by atoms with van der Waals surface area (Å²) in [5, 5.41) is 6.28. The number of thioether (sulfide) groups is 1. The highest BCUT2D eigenvalue weighted by atomic mass is 35.5. The molecule has 2 N–H and O–H groups in total. The van der Waals surface area contributed by atoms with Crippen LogP contribution < -0.4 is 10.6 Å². The van der Waals surface area contributed by atoms with E-state index in [9.17, 15) is 9.59 Å². The number of carbonyl (C=O) groups is 2. The summed E-state index contributed by atoms with van der Waals surface area (Å²) in [4.78, 5) is 24.8. The van der Waals surface area contributed by atoms with Crippen molar-refractivity contribution in [2.45, 2.75) is 12.3 Å². The van der Waals surface area contributed by atoms with Crippen molar-refractivity contribution in [1.29, 1.82) is 0 Å². The van der Waals surface area contributed by atoms with Crippen LogP contribution >= 0.6 is 23.4 Å². The molecule has 0 unspecified atom stereocenters. The first kappa shape index (κ1) is 20.0. The SMILES string of the molecule is O=C(CSCc1ccccc1Cl)Nc1ccccc1C(=O)NCc1ccco1. The molecule has 0 aliphatic carbocycles. The van der Waals surface area contributed by atoms with E-state index in [2.05, 4.69) is 10.6 Å². The topological polar surface area (TPSA) is 71.3 Å². The van der Waals surface area contributed by atoms with E-state index >= 15 is 0 Å². The minimum Gasteiger partial charge on any atom is -0.467 e. The Morgan fingerprint density at radius 1 is 1.00 bits per heavy atom. The van der Waals surface area contributed by atoms with E-state index in [4.69, 9.17) is 16.0 Å². The molecule has 1 aromatic heterocycles. The lowest BCUT2D eigenvalue weighted by atomic mass is 10.1. The standard InChI is InChI=1S/C21H19ClN2O3S/c22-18-9-3-1-6-15(18)13-28-14-20(25)24-19-10-4-2-8-17(19)21(26)23-12-16-7-5-11-27-16/h1-11H,12-14H2,(H,23,26)(H,24,25). The number of carbonyl (C=O) groups excluding carboxylic acids is 2. The van der Waals surface area contributed by atoms with Crippen LogP contribution in [0.3, 0.4) is 0 Å². The molecule has 0 radical (unpaired) electrons. The number of hydrogen-bond acceptors (Lipinski definition) is 4. The third-order valence-electron chi connectivity index (χ3n) is 3.90. The summed E-state index contributed by atoms with van der Waals surface area (Å²) in [7, 11) is 0. The molecule has 0 saturated carbocycles. The van der Waals surface area contributed by atoms with E-state index in [1.165, 1.54) is 11.8 Å². The average molecular weight is 415 g/mol. The highest BCUT2D eigenvalue weighted by Gasteiger charge is 2.13. The molecule has 0 bridgehead atoms. The Bertz CT molecular complexity index is 944. The van der Waals surface area contributed by atoms with Gasteiger partial charge in [0.2, 0.25) is 5.91 Å². The van der Waals surface area contributed by atoms with Gasteiger partial charge in [0.25, 0.3) is 5.91 Å². The maximum Gasteiger partial charge on any atom is 0.253 e. The molecule has 0 fully saturated rings. The second kappa shape index (κ2) is 10.0. The van der Waals surface area contributed by atoms with E-state index in [1.807, 2.05) is 24.3 Å². The van der Waals surface area contributed by atoms with Crippen molar-refractivity contribution < 1.29 is 14.0 Å². The quantitative estimate of drug-likeness (QED) is 0.558. The number of furan rings is 1. The van der Waals surface area contributed by atoms with Gasteiger partial charge in [-0.3, -0.25) is 9.59 Å². The summed E-state index contributed by atoms with van der Waals surface area (Å²) < 4.78 is 5.21. The van der Waals surface area contributed by atoms with Gasteiger partial charge in [-0.05, 0) is 35.9 Å². The zero-order valence-electron chi connectivity index (χ0n) is 15.0. The molecular weight excluding hydrogens is 396 g/mol. The van der Waals surface area contributed by atoms with Crippen LogP contribution in [0.2, 0.25) is 5.02 Å². The number of nitrogens with one attached hydrogen (secondary N) is 2. The predicted octanol–water partition coefficient (Wildman–Crippen LogP) is 4.73. The smallest absolute Gasteiger partial charge is 0.253 e. The Balaban J connectivity index is 1.54. The Morgan fingerprint density at radius 3 is 2.57 bits per heavy atom. The molecule has 144 valence electrons. The van der Waals surface area contributed by atoms with Crippen molar-refractivity contribution in [3.63, 3.8) is 0 Å². The molecule has 0 saturated heterocycles. The van der Waals surface area contributed by atoms with Gasteiger partial charge in [0.05, 0.1) is 29.8 Å². The van der Waals surface area contributed by atoms with Crippen molar-refractivity contribution in [2.75, 3.05) is 11.1 Å². The van der Waals surface area contributed by atoms with Crippen LogP contribution in [0, 0.1) is 0 Å². The van der Waals surface area contributed by atoms with Crippen LogP contribution in [-0.4, -0.2) is 17.6 Å². The maximum absolute atomic E-state index is 12.5. The molecule has 7 heteroatoms. The predicted molar refractivity (Wildman–Crippen MR) is 113 cm³/mol. The highest BCUT2D eigenvalue weighted by molar-refractivity contribution is 7.99. The fraction of sp³-hybridized carbons (Fsp3) is 0.143. The second-order valence-electron chi connectivity index (χ2n) is 5.94. The van der Waals surface area contributed by atoms with Gasteiger partial charge >= 0.3 is 0 Å². The summed E-state index contributed by atoms with van der Waals surface area (Å²) in [6.07, 6.45) is 1.55. The summed E-state index contributed by atoms with van der Waals surface area (Å²) in [6.45, 7) is 0.280. The summed E-state index contributed by atoms with van der Waals surface area (Å²) in [5.74, 6) is 1.09. The number of rotatable bonds is 8. The van der Waals surface area contributed by atoms with Gasteiger partial charge in [0.15, 0.2) is 0 Å². The molecule has 5 nitrogen and oxygen atoms in total. The van der Waals surface area contributed by atoms with Crippen molar-refractivity contribution >= 4 is 40.9 Å². The molecule has 0 aliphatic rings. The minimum absolute atomic E-state index is 0.177. The van der Waals surface area contributed by atoms with E-state index in [1.54, 1.807) is 42.7 Å². The second-order valence-corrected chi connectivity index (χ2v) is 7.33. The first-order valence-corrected chi connectivity index (χ1v) is 10.2.